The van der Waals surface area contributed by atoms with Crippen LogP contribution in [-0.4, -0.2) is 130 Å². The molecule has 2 saturated carbocycles. The first-order valence-electron chi connectivity index (χ1n) is 25.2. The van der Waals surface area contributed by atoms with Crippen LogP contribution in [0.1, 0.15) is 119 Å². The number of carbonyl (C=O) groups is 9. The normalized spacial score (nSPS) is 29.2. The lowest BCUT2D eigenvalue weighted by Gasteiger charge is -2.67. The number of nitrogens with one attached hydrogen (secondary N) is 1. The van der Waals surface area contributed by atoms with Gasteiger partial charge in [-0.3, -0.25) is 28.8 Å². The zero-order valence-corrected chi connectivity index (χ0v) is 43.0. The van der Waals surface area contributed by atoms with Crippen LogP contribution in [0.2, 0.25) is 0 Å². The van der Waals surface area contributed by atoms with E-state index >= 15 is 4.79 Å². The summed E-state index contributed by atoms with van der Waals surface area (Å²) in [5.41, 5.74) is -7.29. The van der Waals surface area contributed by atoms with Crippen LogP contribution in [0.5, 0.6) is 0 Å². The Morgan fingerprint density at radius 1 is 0.803 bits per heavy atom. The number of Topliss-reactive ketones (excluding diaryl/α,β-unsaturated/α-hetero) is 1. The monoisotopic (exact) mass is 1050 g/mol. The minimum atomic E-state index is -2.46. The molecule has 8 rings (SSSR count). The summed E-state index contributed by atoms with van der Waals surface area (Å²) in [4.78, 5) is 128. The van der Waals surface area contributed by atoms with E-state index in [-0.39, 0.29) is 74.0 Å². The molecular weight excluding hydrogens is 989 g/mol. The van der Waals surface area contributed by atoms with Crippen molar-refractivity contribution < 1.29 is 86.6 Å². The molecule has 5 aliphatic rings. The molecule has 3 aromatic carbocycles. The highest BCUT2D eigenvalue weighted by Gasteiger charge is 2.78. The lowest BCUT2D eigenvalue weighted by molar-refractivity contribution is -0.348. The maximum Gasteiger partial charge on any atom is 0.338 e. The predicted molar refractivity (Wildman–Crippen MR) is 262 cm³/mol. The zero-order chi connectivity index (χ0) is 54.9. The number of fused-ring (bicyclic) bond motifs is 5. The number of carbonyl (C=O) groups excluding carboxylic acids is 9. The first-order valence-corrected chi connectivity index (χ1v) is 25.2. The Balaban J connectivity index is 1.22. The third-order valence-electron chi connectivity index (χ3n) is 15.7. The molecule has 20 nitrogen and oxygen atoms in total. The van der Waals surface area contributed by atoms with Gasteiger partial charge in [0.15, 0.2) is 23.6 Å². The molecule has 3 N–H and O–H groups in total. The summed E-state index contributed by atoms with van der Waals surface area (Å²) in [7, 11) is 0. The summed E-state index contributed by atoms with van der Waals surface area (Å²) in [6.07, 6.45) is -10.4. The van der Waals surface area contributed by atoms with Gasteiger partial charge in [-0.25, -0.2) is 14.4 Å². The van der Waals surface area contributed by atoms with Crippen molar-refractivity contribution >= 4 is 53.4 Å². The number of ketones is 1. The quantitative estimate of drug-likeness (QED) is 0.0550. The maximum absolute atomic E-state index is 16.2. The second-order valence-corrected chi connectivity index (χ2v) is 20.7. The minimum Gasteiger partial charge on any atom is -0.456 e. The van der Waals surface area contributed by atoms with E-state index in [9.17, 15) is 48.6 Å². The first-order chi connectivity index (χ1) is 36.0. The average molecular weight is 1050 g/mol. The second kappa shape index (κ2) is 21.8. The summed E-state index contributed by atoms with van der Waals surface area (Å²) in [6.45, 7) is 7.90. The molecular formula is C56H62N2O18. The Bertz CT molecular complexity index is 2790. The summed E-state index contributed by atoms with van der Waals surface area (Å²) in [6, 6.07) is 22.8. The molecule has 4 fully saturated rings. The Labute approximate surface area is 438 Å². The summed E-state index contributed by atoms with van der Waals surface area (Å²) in [5.74, 6) is -9.06. The predicted octanol–water partition coefficient (Wildman–Crippen LogP) is 4.54. The molecule has 2 aliphatic heterocycles. The number of amides is 3. The highest BCUT2D eigenvalue weighted by molar-refractivity contribution is 6.01. The lowest BCUT2D eigenvalue weighted by atomic mass is 9.44. The van der Waals surface area contributed by atoms with Gasteiger partial charge >= 0.3 is 29.8 Å². The van der Waals surface area contributed by atoms with Gasteiger partial charge in [-0.15, -0.1) is 5.06 Å². The Kier molecular flexibility index (Phi) is 15.8. The number of hydroxylamine groups is 2. The molecule has 3 aromatic rings. The van der Waals surface area contributed by atoms with Crippen molar-refractivity contribution in [2.24, 2.45) is 16.7 Å². The molecule has 3 aliphatic carbocycles. The molecule has 0 radical (unpaired) electrons. The minimum absolute atomic E-state index is 0.0214. The molecule has 76 heavy (non-hydrogen) atoms. The van der Waals surface area contributed by atoms with Crippen molar-refractivity contribution in [3.63, 3.8) is 0 Å². The number of rotatable bonds is 17. The fourth-order valence-electron chi connectivity index (χ4n) is 11.8. The molecule has 404 valence electrons. The number of aliphatic hydroxyl groups is 2. The SMILES string of the molecule is CC(=O)OC1C(=O)[C@@]2(C)C(C(OC(=O)c3ccccc3)[C@]3(O)C[C@H](OC(=O)[C@H](O)[C@@H](NC(=O)c4ccccc4)c4ccccc4)C(C)=C1C3(C)C)[C@]1(OC(C)=O)COC1C[C@@H]2OCCCCC(=O)ON1C(=O)CCC1=O. The van der Waals surface area contributed by atoms with Gasteiger partial charge in [0, 0.05) is 63.5 Å². The molecule has 0 aromatic heterocycles. The van der Waals surface area contributed by atoms with E-state index < -0.39 is 130 Å². The number of unbranched alkanes of at least 4 members (excludes halogenated alkanes) is 1. The smallest absolute Gasteiger partial charge is 0.338 e. The number of hydrogen-bond acceptors (Lipinski definition) is 18. The van der Waals surface area contributed by atoms with Gasteiger partial charge in [0.25, 0.3) is 17.7 Å². The number of nitrogens with zero attached hydrogens (tertiary/aromatic N) is 1. The van der Waals surface area contributed by atoms with E-state index in [1.807, 2.05) is 0 Å². The molecule has 2 bridgehead atoms. The van der Waals surface area contributed by atoms with Gasteiger partial charge in [-0.05, 0) is 67.7 Å². The van der Waals surface area contributed by atoms with Gasteiger partial charge < -0.3 is 48.8 Å². The van der Waals surface area contributed by atoms with Crippen LogP contribution in [0, 0.1) is 16.7 Å². The fraction of sp³-hybridized carbons (Fsp3) is 0.482. The van der Waals surface area contributed by atoms with Gasteiger partial charge in [0.1, 0.15) is 23.9 Å². The van der Waals surface area contributed by atoms with Crippen molar-refractivity contribution in [2.45, 2.75) is 140 Å². The lowest BCUT2D eigenvalue weighted by Crippen LogP contribution is -2.82. The number of esters is 4. The molecule has 2 saturated heterocycles. The highest BCUT2D eigenvalue weighted by atomic mass is 16.7. The first kappa shape index (κ1) is 55.1. The van der Waals surface area contributed by atoms with Gasteiger partial charge in [0.05, 0.1) is 35.6 Å². The fourth-order valence-corrected chi connectivity index (χ4v) is 11.8. The number of aliphatic hydroxyl groups excluding tert-OH is 1. The largest absolute Gasteiger partial charge is 0.456 e. The molecule has 3 amide bonds. The summed E-state index contributed by atoms with van der Waals surface area (Å²) >= 11 is 0. The third-order valence-corrected chi connectivity index (χ3v) is 15.7. The van der Waals surface area contributed by atoms with Crippen LogP contribution in [0.25, 0.3) is 0 Å². The average Bonchev–Trinajstić information content (AvgIpc) is 3.70. The molecule has 20 heteroatoms. The van der Waals surface area contributed by atoms with Crippen molar-refractivity contribution in [3.05, 3.63) is 119 Å². The topological polar surface area (TPSA) is 274 Å². The van der Waals surface area contributed by atoms with Crippen LogP contribution >= 0.6 is 0 Å². The van der Waals surface area contributed by atoms with Gasteiger partial charge in [-0.1, -0.05) is 80.6 Å². The van der Waals surface area contributed by atoms with Crippen LogP contribution in [0.4, 0.5) is 0 Å². The standard InChI is InChI=1S/C56H62N2O18/c1-31-37(73-52(68)45(64)44(34-18-10-7-11-19-34)57-50(66)35-20-12-8-13-21-35)29-56(69)49(74-51(67)36-22-14-9-15-23-36)47-54(6,48(65)46(72-32(2)59)43(31)53(56,4)5)38(28-39-55(47,30-71-39)75-33(3)60)70-27-17-16-24-42(63)76-58-40(61)25-26-41(58)62/h7-15,18-23,37-39,44-47,49,64,69H,16-17,24-30H2,1-6H3,(H,57,66)/t37-,38-,39?,44-,45+,46?,47?,49?,54+,55-,56+/m0/s1. The van der Waals surface area contributed by atoms with E-state index in [1.165, 1.54) is 26.0 Å². The Morgan fingerprint density at radius 3 is 1.99 bits per heavy atom. The highest BCUT2D eigenvalue weighted by Crippen LogP contribution is 2.65. The Morgan fingerprint density at radius 2 is 1.41 bits per heavy atom. The van der Waals surface area contributed by atoms with Crippen LogP contribution in [0.3, 0.4) is 0 Å². The van der Waals surface area contributed by atoms with E-state index in [1.54, 1.807) is 92.7 Å². The van der Waals surface area contributed by atoms with E-state index in [0.29, 0.717) is 10.6 Å². The van der Waals surface area contributed by atoms with Crippen LogP contribution in [-0.2, 0) is 66.8 Å². The van der Waals surface area contributed by atoms with E-state index in [4.69, 9.17) is 33.3 Å². The third kappa shape index (κ3) is 10.2. The van der Waals surface area contributed by atoms with E-state index in [2.05, 4.69) is 5.32 Å². The number of imide groups is 1. The van der Waals surface area contributed by atoms with Gasteiger partial charge in [-0.2, -0.15) is 0 Å². The van der Waals surface area contributed by atoms with E-state index in [0.717, 1.165) is 13.8 Å². The molecule has 2 heterocycles. The second-order valence-electron chi connectivity index (χ2n) is 20.7. The van der Waals surface area contributed by atoms with Crippen molar-refractivity contribution in [2.75, 3.05) is 13.2 Å². The number of hydrogen-bond donors (Lipinski definition) is 3. The number of ether oxygens (including phenoxy) is 6. The van der Waals surface area contributed by atoms with Crippen molar-refractivity contribution in [1.29, 1.82) is 0 Å². The zero-order valence-electron chi connectivity index (χ0n) is 43.0. The number of benzene rings is 3. The maximum atomic E-state index is 16.2. The van der Waals surface area contributed by atoms with Crippen molar-refractivity contribution in [3.8, 4) is 0 Å². The molecule has 4 unspecified atom stereocenters. The Hall–Kier alpha value is -7.13. The summed E-state index contributed by atoms with van der Waals surface area (Å²) < 4.78 is 37.8. The summed E-state index contributed by atoms with van der Waals surface area (Å²) in [5, 5.41) is 29.2. The molecule has 11 atom stereocenters. The van der Waals surface area contributed by atoms with Crippen LogP contribution < -0.4 is 5.32 Å². The molecule has 0 spiro atoms. The van der Waals surface area contributed by atoms with Crippen molar-refractivity contribution in [1.82, 2.24) is 10.4 Å². The van der Waals surface area contributed by atoms with Gasteiger partial charge in [0.2, 0.25) is 0 Å². The van der Waals surface area contributed by atoms with Crippen LogP contribution in [0.15, 0.2) is 102 Å².